The zero-order valence-electron chi connectivity index (χ0n) is 23.4. The van der Waals surface area contributed by atoms with Crippen LogP contribution in [0.3, 0.4) is 0 Å². The Bertz CT molecular complexity index is 1830. The molecular formula is C30H26F3N5O4S. The van der Waals surface area contributed by atoms with E-state index in [-0.39, 0.29) is 12.2 Å². The second-order valence-corrected chi connectivity index (χ2v) is 11.4. The number of rotatable bonds is 6. The number of methoxy groups -OCH3 is 1. The van der Waals surface area contributed by atoms with Crippen LogP contribution in [0.15, 0.2) is 48.8 Å². The molecule has 0 unspecified atom stereocenters. The number of pyridine rings is 1. The van der Waals surface area contributed by atoms with E-state index < -0.39 is 42.9 Å². The van der Waals surface area contributed by atoms with Gasteiger partial charge >= 0.3 is 6.09 Å². The maximum Gasteiger partial charge on any atom is 0.412 e. The third-order valence-electron chi connectivity index (χ3n) is 7.05. The lowest BCUT2D eigenvalue weighted by molar-refractivity contribution is -0.114. The van der Waals surface area contributed by atoms with Crippen molar-refractivity contribution in [3.05, 3.63) is 65.9 Å². The van der Waals surface area contributed by atoms with E-state index in [0.29, 0.717) is 43.4 Å². The number of amides is 1. The molecule has 0 saturated heterocycles. The average Bonchev–Trinajstić information content (AvgIpc) is 3.37. The van der Waals surface area contributed by atoms with Gasteiger partial charge in [-0.1, -0.05) is 0 Å². The number of hydrogen-bond donors (Lipinski definition) is 1. The predicted octanol–water partition coefficient (Wildman–Crippen LogP) is 7.25. The molecule has 1 N–H and O–H groups in total. The largest absolute Gasteiger partial charge is 0.483 e. The number of carbonyl (C=O) groups is 1. The van der Waals surface area contributed by atoms with Gasteiger partial charge in [-0.05, 0) is 50.1 Å². The van der Waals surface area contributed by atoms with E-state index in [1.54, 1.807) is 19.1 Å². The number of nitrogens with zero attached hydrogens (tertiary/aromatic N) is 4. The Hall–Kier alpha value is -4.52. The van der Waals surface area contributed by atoms with Crippen LogP contribution in [0.5, 0.6) is 11.6 Å². The van der Waals surface area contributed by atoms with Gasteiger partial charge in [0.15, 0.2) is 11.6 Å². The van der Waals surface area contributed by atoms with Crippen LogP contribution < -0.4 is 14.8 Å². The number of nitrogens with one attached hydrogen (secondary N) is 1. The molecule has 6 rings (SSSR count). The molecule has 0 bridgehead atoms. The first-order chi connectivity index (χ1) is 20.6. The van der Waals surface area contributed by atoms with Crippen LogP contribution in [0.1, 0.15) is 30.5 Å². The summed E-state index contributed by atoms with van der Waals surface area (Å²) in [6.45, 7) is 3.71. The molecule has 3 heterocycles. The normalized spacial score (nSPS) is 18.0. The van der Waals surface area contributed by atoms with Crippen molar-refractivity contribution >= 4 is 44.4 Å². The molecule has 5 aromatic rings. The first-order valence-corrected chi connectivity index (χ1v) is 14.3. The van der Waals surface area contributed by atoms with Crippen molar-refractivity contribution in [2.45, 2.75) is 51.2 Å². The number of halogens is 3. The Kier molecular flexibility index (Phi) is 7.50. The summed E-state index contributed by atoms with van der Waals surface area (Å²) in [5, 5.41) is 3.11. The van der Waals surface area contributed by atoms with Crippen molar-refractivity contribution in [1.82, 2.24) is 19.9 Å². The van der Waals surface area contributed by atoms with Crippen LogP contribution in [0.25, 0.3) is 31.8 Å². The number of hydrogen-bond acceptors (Lipinski definition) is 9. The molecule has 2 atom stereocenters. The van der Waals surface area contributed by atoms with Crippen LogP contribution in [0.2, 0.25) is 0 Å². The van der Waals surface area contributed by atoms with Gasteiger partial charge in [0.25, 0.3) is 5.92 Å². The lowest BCUT2D eigenvalue weighted by Gasteiger charge is -2.35. The molecule has 9 nitrogen and oxygen atoms in total. The molecule has 0 radical (unpaired) electrons. The number of benzene rings is 2. The summed E-state index contributed by atoms with van der Waals surface area (Å²) in [5.41, 5.74) is 4.38. The standard InChI is InChI=1S/C30H26F3N5O4S/c1-15-8-18(27-21(9-15)37-26(40-3)14-35-27)28-38-20-10-19(31)23(11-25(20)43-28)41-24-12-30(32,33)7-6-22(24)42-29(39)36-17-5-4-16(2)34-13-17/h4-5,8-11,13-14,22,24H,6-7,12H2,1-3H3,(H,36,39)/t22-,24+/m1/s1. The number of anilines is 1. The van der Waals surface area contributed by atoms with Gasteiger partial charge < -0.3 is 14.2 Å². The van der Waals surface area contributed by atoms with Crippen molar-refractivity contribution in [1.29, 1.82) is 0 Å². The van der Waals surface area contributed by atoms with Crippen molar-refractivity contribution < 1.29 is 32.2 Å². The minimum Gasteiger partial charge on any atom is -0.483 e. The summed E-state index contributed by atoms with van der Waals surface area (Å²) in [6.07, 6.45) is -1.57. The maximum atomic E-state index is 15.3. The van der Waals surface area contributed by atoms with E-state index in [1.807, 2.05) is 19.1 Å². The van der Waals surface area contributed by atoms with E-state index in [9.17, 15) is 13.6 Å². The Morgan fingerprint density at radius 2 is 1.88 bits per heavy atom. The lowest BCUT2D eigenvalue weighted by Crippen LogP contribution is -2.45. The van der Waals surface area contributed by atoms with Crippen LogP contribution in [-0.2, 0) is 4.74 Å². The number of fused-ring (bicyclic) bond motifs is 2. The van der Waals surface area contributed by atoms with E-state index in [2.05, 4.69) is 25.3 Å². The Balaban J connectivity index is 1.27. The molecule has 0 aliphatic heterocycles. The molecular weight excluding hydrogens is 583 g/mol. The number of aryl methyl sites for hydroxylation is 2. The number of thiazole rings is 1. The van der Waals surface area contributed by atoms with Crippen molar-refractivity contribution in [2.75, 3.05) is 12.4 Å². The Morgan fingerprint density at radius 3 is 2.65 bits per heavy atom. The summed E-state index contributed by atoms with van der Waals surface area (Å²) in [5.74, 6) is -3.69. The van der Waals surface area contributed by atoms with Gasteiger partial charge in [-0.25, -0.2) is 32.9 Å². The summed E-state index contributed by atoms with van der Waals surface area (Å²) in [4.78, 5) is 30.2. The highest BCUT2D eigenvalue weighted by atomic mass is 32.1. The topological polar surface area (TPSA) is 108 Å². The van der Waals surface area contributed by atoms with Gasteiger partial charge in [0.05, 0.1) is 52.9 Å². The molecule has 43 heavy (non-hydrogen) atoms. The van der Waals surface area contributed by atoms with Crippen molar-refractivity contribution in [2.24, 2.45) is 0 Å². The first kappa shape index (κ1) is 28.6. The van der Waals surface area contributed by atoms with Crippen LogP contribution >= 0.6 is 11.3 Å². The quantitative estimate of drug-likeness (QED) is 0.215. The number of ether oxygens (including phenoxy) is 3. The molecule has 222 valence electrons. The molecule has 1 fully saturated rings. The number of aromatic nitrogens is 4. The second-order valence-electron chi connectivity index (χ2n) is 10.4. The Morgan fingerprint density at radius 1 is 1.05 bits per heavy atom. The fraction of sp³-hybridized carbons (Fsp3) is 0.300. The van der Waals surface area contributed by atoms with Gasteiger partial charge in [0, 0.05) is 29.8 Å². The van der Waals surface area contributed by atoms with E-state index in [4.69, 9.17) is 14.2 Å². The summed E-state index contributed by atoms with van der Waals surface area (Å²) in [7, 11) is 1.51. The first-order valence-electron chi connectivity index (χ1n) is 13.4. The van der Waals surface area contributed by atoms with Gasteiger partial charge in [-0.15, -0.1) is 11.3 Å². The third-order valence-corrected chi connectivity index (χ3v) is 8.11. The molecule has 2 aromatic carbocycles. The number of alkyl halides is 2. The van der Waals surface area contributed by atoms with E-state index in [1.165, 1.54) is 43.0 Å². The highest BCUT2D eigenvalue weighted by Gasteiger charge is 2.45. The monoisotopic (exact) mass is 609 g/mol. The molecule has 3 aromatic heterocycles. The minimum atomic E-state index is -3.06. The third kappa shape index (κ3) is 6.17. The van der Waals surface area contributed by atoms with Crippen LogP contribution in [0, 0.1) is 19.7 Å². The summed E-state index contributed by atoms with van der Waals surface area (Å²) < 4.78 is 61.2. The average molecular weight is 610 g/mol. The smallest absolute Gasteiger partial charge is 0.412 e. The maximum absolute atomic E-state index is 15.3. The van der Waals surface area contributed by atoms with Crippen LogP contribution in [-0.4, -0.2) is 51.3 Å². The lowest BCUT2D eigenvalue weighted by atomic mass is 9.91. The highest BCUT2D eigenvalue weighted by molar-refractivity contribution is 7.21. The van der Waals surface area contributed by atoms with Gasteiger partial charge in [-0.2, -0.15) is 0 Å². The molecule has 1 aliphatic carbocycles. The van der Waals surface area contributed by atoms with Gasteiger partial charge in [-0.3, -0.25) is 10.3 Å². The summed E-state index contributed by atoms with van der Waals surface area (Å²) >= 11 is 1.28. The molecule has 13 heteroatoms. The highest BCUT2D eigenvalue weighted by Crippen LogP contribution is 2.40. The fourth-order valence-corrected chi connectivity index (χ4v) is 5.95. The van der Waals surface area contributed by atoms with E-state index in [0.717, 1.165) is 11.3 Å². The van der Waals surface area contributed by atoms with E-state index >= 15 is 4.39 Å². The molecule has 1 saturated carbocycles. The molecule has 1 aliphatic rings. The van der Waals surface area contributed by atoms with Gasteiger partial charge in [0.2, 0.25) is 5.88 Å². The zero-order valence-corrected chi connectivity index (χ0v) is 24.2. The fourth-order valence-electron chi connectivity index (χ4n) is 4.95. The van der Waals surface area contributed by atoms with Gasteiger partial charge in [0.1, 0.15) is 17.2 Å². The summed E-state index contributed by atoms with van der Waals surface area (Å²) in [6, 6.07) is 9.77. The van der Waals surface area contributed by atoms with Crippen molar-refractivity contribution in [3.63, 3.8) is 0 Å². The van der Waals surface area contributed by atoms with Crippen LogP contribution in [0.4, 0.5) is 23.7 Å². The second kappa shape index (κ2) is 11.3. The molecule has 0 spiro atoms. The Labute approximate surface area is 248 Å². The SMILES string of the molecule is COc1cnc2c(-c3nc4cc(F)c(O[C@H]5CC(F)(F)CC[C@H]5OC(=O)Nc5ccc(C)nc5)cc4s3)cc(C)cc2n1. The molecule has 1 amide bonds. The predicted molar refractivity (Wildman–Crippen MR) is 155 cm³/mol. The minimum absolute atomic E-state index is 0.155. The number of carbonyl (C=O) groups excluding carboxylic acids is 1. The van der Waals surface area contributed by atoms with Crippen molar-refractivity contribution in [3.8, 4) is 22.2 Å². The zero-order chi connectivity index (χ0) is 30.3.